The van der Waals surface area contributed by atoms with Crippen molar-refractivity contribution in [1.29, 1.82) is 0 Å². The summed E-state index contributed by atoms with van der Waals surface area (Å²) in [6, 6.07) is 13.9. The van der Waals surface area contributed by atoms with E-state index in [1.807, 2.05) is 42.5 Å². The largest absolute Gasteiger partial charge is 0.293 e. The van der Waals surface area contributed by atoms with Crippen molar-refractivity contribution in [2.75, 3.05) is 0 Å². The van der Waals surface area contributed by atoms with Gasteiger partial charge in [-0.15, -0.1) is 0 Å². The number of allylic oxidation sites excluding steroid dienone is 1. The van der Waals surface area contributed by atoms with Crippen LogP contribution in [0, 0.1) is 5.92 Å². The van der Waals surface area contributed by atoms with Gasteiger partial charge in [0.1, 0.15) is 0 Å². The second kappa shape index (κ2) is 3.31. The Morgan fingerprint density at radius 1 is 1.12 bits per heavy atom. The molecule has 1 aliphatic rings. The zero-order chi connectivity index (χ0) is 11.1. The number of hydrogen-bond acceptors (Lipinski definition) is 1. The second-order valence-corrected chi connectivity index (χ2v) is 4.31. The van der Waals surface area contributed by atoms with E-state index in [-0.39, 0.29) is 11.7 Å². The summed E-state index contributed by atoms with van der Waals surface area (Å²) in [5.41, 5.74) is 1.90. The molecular weight excluding hydrogens is 196 g/mol. The summed E-state index contributed by atoms with van der Waals surface area (Å²) in [6.07, 6.45) is 0.863. The summed E-state index contributed by atoms with van der Waals surface area (Å²) in [7, 11) is 0. The van der Waals surface area contributed by atoms with Gasteiger partial charge in [0.15, 0.2) is 5.78 Å². The van der Waals surface area contributed by atoms with Crippen molar-refractivity contribution >= 4 is 16.6 Å². The molecule has 0 saturated heterocycles. The molecule has 0 amide bonds. The highest BCUT2D eigenvalue weighted by Gasteiger charge is 2.35. The topological polar surface area (TPSA) is 17.1 Å². The van der Waals surface area contributed by atoms with Crippen LogP contribution in [0.3, 0.4) is 0 Å². The van der Waals surface area contributed by atoms with Gasteiger partial charge in [0.05, 0.1) is 0 Å². The highest BCUT2D eigenvalue weighted by molar-refractivity contribution is 6.11. The van der Waals surface area contributed by atoms with Gasteiger partial charge in [0.2, 0.25) is 0 Å². The fraction of sp³-hybridized carbons (Fsp3) is 0.133. The molecule has 0 spiro atoms. The molecule has 1 heteroatoms. The maximum absolute atomic E-state index is 12.2. The second-order valence-electron chi connectivity index (χ2n) is 4.31. The van der Waals surface area contributed by atoms with E-state index in [0.29, 0.717) is 0 Å². The zero-order valence-electron chi connectivity index (χ0n) is 8.94. The summed E-state index contributed by atoms with van der Waals surface area (Å²) < 4.78 is 0. The summed E-state index contributed by atoms with van der Waals surface area (Å²) in [5, 5.41) is 2.18. The molecule has 1 atom stereocenters. The van der Waals surface area contributed by atoms with Crippen molar-refractivity contribution in [2.24, 2.45) is 5.92 Å². The van der Waals surface area contributed by atoms with Gasteiger partial charge in [-0.1, -0.05) is 54.6 Å². The maximum Gasteiger partial charge on any atom is 0.170 e. The van der Waals surface area contributed by atoms with Crippen LogP contribution in [0.1, 0.15) is 16.8 Å². The van der Waals surface area contributed by atoms with Gasteiger partial charge in [-0.2, -0.15) is 0 Å². The van der Waals surface area contributed by atoms with Gasteiger partial charge in [-0.05, 0) is 17.2 Å². The highest BCUT2D eigenvalue weighted by atomic mass is 16.1. The van der Waals surface area contributed by atoms with Gasteiger partial charge in [-0.25, -0.2) is 0 Å². The molecule has 2 aromatic rings. The Hall–Kier alpha value is -1.89. The smallest absolute Gasteiger partial charge is 0.170 e. The molecule has 1 nitrogen and oxygen atoms in total. The van der Waals surface area contributed by atoms with Gasteiger partial charge in [-0.3, -0.25) is 4.79 Å². The fourth-order valence-electron chi connectivity index (χ4n) is 2.11. The van der Waals surface area contributed by atoms with Crippen molar-refractivity contribution in [3.63, 3.8) is 0 Å². The molecule has 0 bridgehead atoms. The Labute approximate surface area is 94.4 Å². The molecule has 1 saturated carbocycles. The summed E-state index contributed by atoms with van der Waals surface area (Å²) in [6.45, 7) is 3.85. The van der Waals surface area contributed by atoms with Gasteiger partial charge < -0.3 is 0 Å². The lowest BCUT2D eigenvalue weighted by atomic mass is 9.99. The molecule has 0 heterocycles. The predicted molar refractivity (Wildman–Crippen MR) is 65.5 cm³/mol. The molecule has 0 N–H and O–H groups in total. The van der Waals surface area contributed by atoms with Crippen molar-refractivity contribution in [2.45, 2.75) is 6.42 Å². The lowest BCUT2D eigenvalue weighted by Gasteiger charge is -2.04. The Balaban J connectivity index is 2.16. The van der Waals surface area contributed by atoms with Crippen LogP contribution in [-0.2, 0) is 0 Å². The zero-order valence-corrected chi connectivity index (χ0v) is 8.94. The monoisotopic (exact) mass is 208 g/mol. The minimum Gasteiger partial charge on any atom is -0.293 e. The van der Waals surface area contributed by atoms with Crippen molar-refractivity contribution in [3.05, 3.63) is 60.2 Å². The SMILES string of the molecule is C=C1CC1C(=O)c1cccc2ccccc12. The van der Waals surface area contributed by atoms with E-state index in [0.717, 1.165) is 28.3 Å². The molecular formula is C15H12O. The minimum absolute atomic E-state index is 0.0748. The number of Topliss-reactive ketones (excluding diaryl/α,β-unsaturated/α-hetero) is 1. The molecule has 1 aliphatic carbocycles. The lowest BCUT2D eigenvalue weighted by molar-refractivity contribution is 0.0974. The summed E-state index contributed by atoms with van der Waals surface area (Å²) in [5.74, 6) is 0.299. The van der Waals surface area contributed by atoms with Crippen LogP contribution < -0.4 is 0 Å². The minimum atomic E-state index is 0.0748. The van der Waals surface area contributed by atoms with E-state index in [9.17, 15) is 4.79 Å². The predicted octanol–water partition coefficient (Wildman–Crippen LogP) is 3.60. The van der Waals surface area contributed by atoms with E-state index < -0.39 is 0 Å². The van der Waals surface area contributed by atoms with E-state index in [2.05, 4.69) is 6.58 Å². The first-order chi connectivity index (χ1) is 7.77. The molecule has 1 unspecified atom stereocenters. The number of carbonyl (C=O) groups is 1. The first-order valence-electron chi connectivity index (χ1n) is 5.47. The molecule has 0 aliphatic heterocycles. The Morgan fingerprint density at radius 3 is 2.56 bits per heavy atom. The fourth-order valence-corrected chi connectivity index (χ4v) is 2.11. The molecule has 3 rings (SSSR count). The summed E-state index contributed by atoms with van der Waals surface area (Å²) >= 11 is 0. The molecule has 0 aromatic heterocycles. The quantitative estimate of drug-likeness (QED) is 0.544. The number of rotatable bonds is 2. The third kappa shape index (κ3) is 1.36. The van der Waals surface area contributed by atoms with E-state index >= 15 is 0 Å². The third-order valence-electron chi connectivity index (χ3n) is 3.17. The van der Waals surface area contributed by atoms with Gasteiger partial charge in [0.25, 0.3) is 0 Å². The Bertz CT molecular complexity index is 590. The van der Waals surface area contributed by atoms with Crippen molar-refractivity contribution in [1.82, 2.24) is 0 Å². The number of carbonyl (C=O) groups excluding carboxylic acids is 1. The Morgan fingerprint density at radius 2 is 1.81 bits per heavy atom. The van der Waals surface area contributed by atoms with Crippen LogP contribution in [-0.4, -0.2) is 5.78 Å². The van der Waals surface area contributed by atoms with Crippen LogP contribution in [0.25, 0.3) is 10.8 Å². The standard InChI is InChI=1S/C15H12O/c1-10-9-14(10)15(16)13-8-4-6-11-5-2-3-7-12(11)13/h2-8,14H,1,9H2. The van der Waals surface area contributed by atoms with Gasteiger partial charge >= 0.3 is 0 Å². The number of fused-ring (bicyclic) bond motifs is 1. The van der Waals surface area contributed by atoms with E-state index in [1.165, 1.54) is 0 Å². The molecule has 1 fully saturated rings. The van der Waals surface area contributed by atoms with Crippen LogP contribution in [0.4, 0.5) is 0 Å². The Kier molecular flexibility index (Phi) is 1.93. The number of ketones is 1. The van der Waals surface area contributed by atoms with Crippen LogP contribution in [0.5, 0.6) is 0 Å². The van der Waals surface area contributed by atoms with E-state index in [4.69, 9.17) is 0 Å². The average molecular weight is 208 g/mol. The summed E-state index contributed by atoms with van der Waals surface area (Å²) in [4.78, 5) is 12.2. The molecule has 16 heavy (non-hydrogen) atoms. The normalized spacial score (nSPS) is 18.8. The lowest BCUT2D eigenvalue weighted by Crippen LogP contribution is -2.02. The van der Waals surface area contributed by atoms with Crippen molar-refractivity contribution in [3.8, 4) is 0 Å². The average Bonchev–Trinajstić information content (AvgIpc) is 3.05. The number of benzene rings is 2. The van der Waals surface area contributed by atoms with Crippen LogP contribution in [0.2, 0.25) is 0 Å². The maximum atomic E-state index is 12.2. The molecule has 0 radical (unpaired) electrons. The van der Waals surface area contributed by atoms with E-state index in [1.54, 1.807) is 0 Å². The molecule has 2 aromatic carbocycles. The van der Waals surface area contributed by atoms with Crippen molar-refractivity contribution < 1.29 is 4.79 Å². The first-order valence-corrected chi connectivity index (χ1v) is 5.47. The van der Waals surface area contributed by atoms with Crippen LogP contribution >= 0.6 is 0 Å². The third-order valence-corrected chi connectivity index (χ3v) is 3.17. The highest BCUT2D eigenvalue weighted by Crippen LogP contribution is 2.39. The first kappa shape index (κ1) is 9.34. The molecule has 78 valence electrons. The van der Waals surface area contributed by atoms with Gasteiger partial charge in [0, 0.05) is 11.5 Å². The van der Waals surface area contributed by atoms with Crippen LogP contribution in [0.15, 0.2) is 54.6 Å². The number of hydrogen-bond donors (Lipinski definition) is 0.